The molecular weight excluding hydrogens is 314 g/mol. The first-order valence-corrected chi connectivity index (χ1v) is 8.92. The Morgan fingerprint density at radius 3 is 2.89 bits per heavy atom. The average Bonchev–Trinajstić information content (AvgIpc) is 2.57. The van der Waals surface area contributed by atoms with Crippen molar-refractivity contribution in [3.63, 3.8) is 0 Å². The van der Waals surface area contributed by atoms with Crippen molar-refractivity contribution in [1.29, 1.82) is 0 Å². The average molecular weight is 332 g/mol. The van der Waals surface area contributed by atoms with Crippen LogP contribution in [0.5, 0.6) is 0 Å². The smallest absolute Gasteiger partial charge is 0.148 e. The molecule has 0 heterocycles. The van der Waals surface area contributed by atoms with Crippen LogP contribution in [0, 0.1) is 0 Å². The van der Waals surface area contributed by atoms with Gasteiger partial charge in [-0.15, -0.1) is 0 Å². The normalized spacial score (nSPS) is 20.7. The molecule has 1 aliphatic rings. The topological polar surface area (TPSA) is 46.2 Å². The lowest BCUT2D eigenvalue weighted by molar-refractivity contribution is 0.472. The molecule has 0 saturated heterocycles. The molecule has 3 nitrogen and oxygen atoms in total. The van der Waals surface area contributed by atoms with E-state index in [9.17, 15) is 8.42 Å². The van der Waals surface area contributed by atoms with Crippen molar-refractivity contribution in [2.45, 2.75) is 31.8 Å². The Bertz CT molecular complexity index is 542. The first-order chi connectivity index (χ1) is 8.35. The highest BCUT2D eigenvalue weighted by atomic mass is 79.9. The van der Waals surface area contributed by atoms with Crippen molar-refractivity contribution >= 4 is 25.8 Å². The van der Waals surface area contributed by atoms with E-state index in [1.165, 1.54) is 17.4 Å². The number of aryl methyl sites for hydroxylation is 1. The zero-order valence-electron chi connectivity index (χ0n) is 10.6. The predicted molar refractivity (Wildman–Crippen MR) is 77.5 cm³/mol. The molecule has 2 unspecified atom stereocenters. The molecule has 0 radical (unpaired) electrons. The quantitative estimate of drug-likeness (QED) is 0.921. The molecule has 0 aliphatic heterocycles. The first-order valence-electron chi connectivity index (χ1n) is 6.07. The molecule has 100 valence electrons. The van der Waals surface area contributed by atoms with Gasteiger partial charge in [-0.25, -0.2) is 8.42 Å². The maximum Gasteiger partial charge on any atom is 0.148 e. The van der Waals surface area contributed by atoms with Gasteiger partial charge in [-0.05, 0) is 43.0 Å². The summed E-state index contributed by atoms with van der Waals surface area (Å²) in [5, 5.41) is 3.42. The van der Waals surface area contributed by atoms with Gasteiger partial charge in [0.25, 0.3) is 0 Å². The number of rotatable bonds is 4. The lowest BCUT2D eigenvalue weighted by atomic mass is 10.1. The lowest BCUT2D eigenvalue weighted by Gasteiger charge is -2.19. The van der Waals surface area contributed by atoms with E-state index in [2.05, 4.69) is 33.4 Å². The van der Waals surface area contributed by atoms with Crippen LogP contribution in [0.1, 0.15) is 30.5 Å². The van der Waals surface area contributed by atoms with Crippen molar-refractivity contribution in [2.75, 3.05) is 12.0 Å². The summed E-state index contributed by atoms with van der Waals surface area (Å²) in [6, 6.07) is 6.58. The van der Waals surface area contributed by atoms with Gasteiger partial charge in [-0.3, -0.25) is 0 Å². The monoisotopic (exact) mass is 331 g/mol. The van der Waals surface area contributed by atoms with Crippen LogP contribution in [0.25, 0.3) is 0 Å². The molecule has 0 aromatic heterocycles. The van der Waals surface area contributed by atoms with E-state index in [1.54, 1.807) is 0 Å². The third-order valence-corrected chi connectivity index (χ3v) is 4.82. The van der Waals surface area contributed by atoms with Crippen LogP contribution in [0.3, 0.4) is 0 Å². The molecule has 0 bridgehead atoms. The molecule has 0 spiro atoms. The van der Waals surface area contributed by atoms with Gasteiger partial charge in [0.15, 0.2) is 0 Å². The summed E-state index contributed by atoms with van der Waals surface area (Å²) in [7, 11) is -2.92. The van der Waals surface area contributed by atoms with E-state index in [0.717, 1.165) is 17.3 Å². The molecule has 5 heteroatoms. The van der Waals surface area contributed by atoms with Gasteiger partial charge in [-0.1, -0.05) is 22.0 Å². The Hall–Kier alpha value is -0.390. The first kappa shape index (κ1) is 14.0. The second-order valence-corrected chi connectivity index (χ2v) is 8.20. The van der Waals surface area contributed by atoms with Crippen molar-refractivity contribution in [1.82, 2.24) is 5.32 Å². The fraction of sp³-hybridized carbons (Fsp3) is 0.538. The van der Waals surface area contributed by atoms with Gasteiger partial charge in [0.2, 0.25) is 0 Å². The molecule has 1 N–H and O–H groups in total. The zero-order valence-corrected chi connectivity index (χ0v) is 13.0. The Morgan fingerprint density at radius 2 is 2.22 bits per heavy atom. The van der Waals surface area contributed by atoms with E-state index in [4.69, 9.17) is 0 Å². The minimum atomic E-state index is -2.92. The number of hydrogen-bond acceptors (Lipinski definition) is 3. The summed E-state index contributed by atoms with van der Waals surface area (Å²) in [4.78, 5) is 0. The SMILES string of the molecule is CC(CS(C)(=O)=O)NC1CCc2cc(Br)ccc21. The van der Waals surface area contributed by atoms with Crippen LogP contribution < -0.4 is 5.32 Å². The van der Waals surface area contributed by atoms with E-state index in [0.29, 0.717) is 0 Å². The summed E-state index contributed by atoms with van der Waals surface area (Å²) < 4.78 is 23.6. The highest BCUT2D eigenvalue weighted by Gasteiger charge is 2.24. The Labute approximate surface area is 117 Å². The van der Waals surface area contributed by atoms with Crippen molar-refractivity contribution in [3.8, 4) is 0 Å². The van der Waals surface area contributed by atoms with E-state index >= 15 is 0 Å². The molecule has 2 rings (SSSR count). The van der Waals surface area contributed by atoms with Gasteiger partial charge in [0.05, 0.1) is 5.75 Å². The molecule has 1 aliphatic carbocycles. The number of benzene rings is 1. The summed E-state index contributed by atoms with van der Waals surface area (Å²) in [6.07, 6.45) is 3.38. The van der Waals surface area contributed by atoms with Crippen LogP contribution >= 0.6 is 15.9 Å². The van der Waals surface area contributed by atoms with Crippen LogP contribution in [-0.4, -0.2) is 26.5 Å². The summed E-state index contributed by atoms with van der Waals surface area (Å²) in [6.45, 7) is 1.93. The van der Waals surface area contributed by atoms with Gasteiger partial charge < -0.3 is 5.32 Å². The van der Waals surface area contributed by atoms with E-state index in [1.807, 2.05) is 13.0 Å². The van der Waals surface area contributed by atoms with Crippen LogP contribution in [0.2, 0.25) is 0 Å². The fourth-order valence-electron chi connectivity index (χ4n) is 2.60. The summed E-state index contributed by atoms with van der Waals surface area (Å²) in [5.74, 6) is 0.190. The third-order valence-electron chi connectivity index (χ3n) is 3.22. The Kier molecular flexibility index (Phi) is 4.14. The van der Waals surface area contributed by atoms with Crippen molar-refractivity contribution in [2.24, 2.45) is 0 Å². The fourth-order valence-corrected chi connectivity index (χ4v) is 4.02. The second kappa shape index (κ2) is 5.31. The van der Waals surface area contributed by atoms with Crippen LogP contribution in [-0.2, 0) is 16.3 Å². The van der Waals surface area contributed by atoms with Crippen molar-refractivity contribution in [3.05, 3.63) is 33.8 Å². The van der Waals surface area contributed by atoms with Crippen molar-refractivity contribution < 1.29 is 8.42 Å². The Morgan fingerprint density at radius 1 is 1.50 bits per heavy atom. The number of fused-ring (bicyclic) bond motifs is 1. The maximum atomic E-state index is 11.3. The molecular formula is C13H18BrNO2S. The van der Waals surface area contributed by atoms with Crippen LogP contribution in [0.15, 0.2) is 22.7 Å². The predicted octanol–water partition coefficient (Wildman–Crippen LogP) is 2.46. The molecule has 18 heavy (non-hydrogen) atoms. The number of nitrogens with one attached hydrogen (secondary N) is 1. The molecule has 1 aromatic rings. The largest absolute Gasteiger partial charge is 0.306 e. The lowest BCUT2D eigenvalue weighted by Crippen LogP contribution is -2.34. The van der Waals surface area contributed by atoms with E-state index in [-0.39, 0.29) is 17.8 Å². The maximum absolute atomic E-state index is 11.3. The highest BCUT2D eigenvalue weighted by molar-refractivity contribution is 9.10. The second-order valence-electron chi connectivity index (χ2n) is 5.09. The molecule has 0 saturated carbocycles. The van der Waals surface area contributed by atoms with Gasteiger partial charge in [-0.2, -0.15) is 0 Å². The minimum Gasteiger partial charge on any atom is -0.306 e. The van der Waals surface area contributed by atoms with Gasteiger partial charge >= 0.3 is 0 Å². The van der Waals surface area contributed by atoms with Gasteiger partial charge in [0.1, 0.15) is 9.84 Å². The molecule has 2 atom stereocenters. The minimum absolute atomic E-state index is 0.0143. The highest BCUT2D eigenvalue weighted by Crippen LogP contribution is 2.33. The molecule has 0 fully saturated rings. The summed E-state index contributed by atoms with van der Waals surface area (Å²) in [5.41, 5.74) is 2.66. The third kappa shape index (κ3) is 3.56. The number of hydrogen-bond donors (Lipinski definition) is 1. The van der Waals surface area contributed by atoms with Gasteiger partial charge in [0, 0.05) is 22.8 Å². The molecule has 1 aromatic carbocycles. The standard InChI is InChI=1S/C13H18BrNO2S/c1-9(8-18(2,16)17)15-13-6-3-10-7-11(14)4-5-12(10)13/h4-5,7,9,13,15H,3,6,8H2,1-2H3. The zero-order chi connectivity index (χ0) is 13.3. The summed E-state index contributed by atoms with van der Waals surface area (Å²) >= 11 is 3.48. The Balaban J connectivity index is 2.06. The number of sulfone groups is 1. The number of halogens is 1. The molecule has 0 amide bonds. The van der Waals surface area contributed by atoms with Crippen LogP contribution in [0.4, 0.5) is 0 Å². The van der Waals surface area contributed by atoms with E-state index < -0.39 is 9.84 Å².